The molecule has 0 atom stereocenters. The Morgan fingerprint density at radius 3 is 2.52 bits per heavy atom. The topological polar surface area (TPSA) is 55.2 Å². The maximum absolute atomic E-state index is 12.6. The molecule has 0 aliphatic heterocycles. The summed E-state index contributed by atoms with van der Waals surface area (Å²) in [6, 6.07) is 13.9. The third-order valence-electron chi connectivity index (χ3n) is 4.90. The van der Waals surface area contributed by atoms with Gasteiger partial charge in [0.2, 0.25) is 5.91 Å². The van der Waals surface area contributed by atoms with Crippen LogP contribution >= 0.6 is 0 Å². The Balaban J connectivity index is 1.65. The molecule has 0 spiro atoms. The predicted molar refractivity (Wildman–Crippen MR) is 108 cm³/mol. The fourth-order valence-corrected chi connectivity index (χ4v) is 3.15. The molecule has 3 aromatic rings. The molecule has 1 amide bonds. The second kappa shape index (κ2) is 8.16. The smallest absolute Gasteiger partial charge is 0.261 e. The van der Waals surface area contributed by atoms with Crippen LogP contribution in [0.1, 0.15) is 30.0 Å². The van der Waals surface area contributed by atoms with E-state index in [-0.39, 0.29) is 17.9 Å². The van der Waals surface area contributed by atoms with Gasteiger partial charge in [-0.1, -0.05) is 43.3 Å². The molecule has 140 valence electrons. The molecule has 0 N–H and O–H groups in total. The molecule has 0 saturated carbocycles. The number of aromatic nitrogens is 2. The minimum Gasteiger partial charge on any atom is -0.341 e. The van der Waals surface area contributed by atoms with Gasteiger partial charge in [0.05, 0.1) is 17.2 Å². The number of nitrogens with zero attached hydrogens (tertiary/aromatic N) is 3. The van der Waals surface area contributed by atoms with E-state index in [0.29, 0.717) is 18.5 Å². The number of fused-ring (bicyclic) bond motifs is 1. The van der Waals surface area contributed by atoms with Crippen LogP contribution in [0.3, 0.4) is 0 Å². The molecule has 0 aliphatic rings. The zero-order chi connectivity index (χ0) is 19.4. The summed E-state index contributed by atoms with van der Waals surface area (Å²) >= 11 is 0. The number of hydrogen-bond donors (Lipinski definition) is 0. The lowest BCUT2D eigenvalue weighted by Crippen LogP contribution is -2.29. The van der Waals surface area contributed by atoms with Crippen molar-refractivity contribution in [2.45, 2.75) is 39.8 Å². The van der Waals surface area contributed by atoms with Crippen molar-refractivity contribution in [1.29, 1.82) is 0 Å². The van der Waals surface area contributed by atoms with Gasteiger partial charge in [0.1, 0.15) is 0 Å². The van der Waals surface area contributed by atoms with Crippen molar-refractivity contribution in [3.05, 3.63) is 75.8 Å². The van der Waals surface area contributed by atoms with Crippen LogP contribution in [0.15, 0.2) is 53.6 Å². The summed E-state index contributed by atoms with van der Waals surface area (Å²) in [4.78, 5) is 31.2. The number of benzene rings is 2. The number of para-hydroxylation sites is 1. The fourth-order valence-electron chi connectivity index (χ4n) is 3.15. The van der Waals surface area contributed by atoms with Gasteiger partial charge in [0.15, 0.2) is 0 Å². The Kier molecular flexibility index (Phi) is 5.69. The van der Waals surface area contributed by atoms with Crippen LogP contribution in [-0.2, 0) is 24.3 Å². The van der Waals surface area contributed by atoms with E-state index in [2.05, 4.69) is 36.2 Å². The lowest BCUT2D eigenvalue weighted by atomic mass is 10.1. The molecule has 5 heteroatoms. The summed E-state index contributed by atoms with van der Waals surface area (Å²) in [6.45, 7) is 4.95. The number of aryl methyl sites for hydroxylation is 3. The highest BCUT2D eigenvalue weighted by atomic mass is 16.2. The Morgan fingerprint density at radius 2 is 1.81 bits per heavy atom. The van der Waals surface area contributed by atoms with Gasteiger partial charge in [-0.2, -0.15) is 0 Å². The lowest BCUT2D eigenvalue weighted by molar-refractivity contribution is -0.130. The van der Waals surface area contributed by atoms with Crippen LogP contribution in [0.2, 0.25) is 0 Å². The van der Waals surface area contributed by atoms with Crippen molar-refractivity contribution in [1.82, 2.24) is 14.5 Å². The predicted octanol–water partition coefficient (Wildman–Crippen LogP) is 3.32. The van der Waals surface area contributed by atoms with E-state index in [0.717, 1.165) is 23.1 Å². The molecule has 0 fully saturated rings. The van der Waals surface area contributed by atoms with E-state index in [1.165, 1.54) is 16.5 Å². The van der Waals surface area contributed by atoms with Crippen LogP contribution in [-0.4, -0.2) is 27.4 Å². The highest BCUT2D eigenvalue weighted by Gasteiger charge is 2.11. The van der Waals surface area contributed by atoms with E-state index in [1.54, 1.807) is 18.0 Å². The number of hydrogen-bond acceptors (Lipinski definition) is 3. The fraction of sp³-hybridized carbons (Fsp3) is 0.318. The average Bonchev–Trinajstić information content (AvgIpc) is 2.68. The van der Waals surface area contributed by atoms with E-state index >= 15 is 0 Å². The summed E-state index contributed by atoms with van der Waals surface area (Å²) in [6.07, 6.45) is 2.81. The number of carbonyl (C=O) groups is 1. The van der Waals surface area contributed by atoms with Gasteiger partial charge in [0, 0.05) is 26.6 Å². The minimum atomic E-state index is -0.102. The second-order valence-corrected chi connectivity index (χ2v) is 6.88. The summed E-state index contributed by atoms with van der Waals surface area (Å²) in [5, 5.41) is 0.592. The Morgan fingerprint density at radius 1 is 1.11 bits per heavy atom. The molecule has 2 aromatic carbocycles. The molecule has 3 rings (SSSR count). The van der Waals surface area contributed by atoms with E-state index in [4.69, 9.17) is 0 Å². The van der Waals surface area contributed by atoms with Gasteiger partial charge in [-0.15, -0.1) is 0 Å². The van der Waals surface area contributed by atoms with Crippen LogP contribution in [0.4, 0.5) is 0 Å². The van der Waals surface area contributed by atoms with Crippen LogP contribution in [0.5, 0.6) is 0 Å². The van der Waals surface area contributed by atoms with E-state index in [9.17, 15) is 9.59 Å². The largest absolute Gasteiger partial charge is 0.341 e. The Bertz CT molecular complexity index is 1010. The lowest BCUT2D eigenvalue weighted by Gasteiger charge is -2.18. The van der Waals surface area contributed by atoms with Gasteiger partial charge in [-0.25, -0.2) is 4.98 Å². The van der Waals surface area contributed by atoms with Crippen molar-refractivity contribution in [3.63, 3.8) is 0 Å². The molecule has 0 saturated heterocycles. The van der Waals surface area contributed by atoms with Crippen LogP contribution in [0.25, 0.3) is 10.9 Å². The van der Waals surface area contributed by atoms with Crippen molar-refractivity contribution in [2.24, 2.45) is 0 Å². The molecule has 0 radical (unpaired) electrons. The maximum Gasteiger partial charge on any atom is 0.261 e. The molecule has 27 heavy (non-hydrogen) atoms. The Hall–Kier alpha value is -2.95. The van der Waals surface area contributed by atoms with Crippen molar-refractivity contribution in [3.8, 4) is 0 Å². The monoisotopic (exact) mass is 363 g/mol. The van der Waals surface area contributed by atoms with Crippen molar-refractivity contribution < 1.29 is 4.79 Å². The molecule has 1 heterocycles. The van der Waals surface area contributed by atoms with Gasteiger partial charge in [0.25, 0.3) is 5.56 Å². The van der Waals surface area contributed by atoms with Gasteiger partial charge < -0.3 is 4.90 Å². The third-order valence-corrected chi connectivity index (χ3v) is 4.90. The van der Waals surface area contributed by atoms with Gasteiger partial charge in [-0.05, 0) is 36.1 Å². The number of amides is 1. The molecular formula is C22H25N3O2. The first-order chi connectivity index (χ1) is 13.0. The minimum absolute atomic E-state index is 0.00538. The molecular weight excluding hydrogens is 338 g/mol. The van der Waals surface area contributed by atoms with Gasteiger partial charge in [-0.3, -0.25) is 14.2 Å². The quantitative estimate of drug-likeness (QED) is 0.675. The zero-order valence-corrected chi connectivity index (χ0v) is 16.1. The maximum atomic E-state index is 12.6. The first kappa shape index (κ1) is 18.8. The zero-order valence-electron chi connectivity index (χ0n) is 16.1. The number of carbonyl (C=O) groups excluding carboxylic acids is 1. The molecule has 0 unspecified atom stereocenters. The van der Waals surface area contributed by atoms with Crippen molar-refractivity contribution >= 4 is 16.8 Å². The average molecular weight is 363 g/mol. The van der Waals surface area contributed by atoms with Crippen LogP contribution in [0, 0.1) is 6.92 Å². The Labute approximate surface area is 159 Å². The molecule has 1 aromatic heterocycles. The summed E-state index contributed by atoms with van der Waals surface area (Å²) < 4.78 is 1.52. The van der Waals surface area contributed by atoms with Gasteiger partial charge >= 0.3 is 0 Å². The van der Waals surface area contributed by atoms with Crippen LogP contribution < -0.4 is 5.56 Å². The first-order valence-electron chi connectivity index (χ1n) is 9.26. The molecule has 5 nitrogen and oxygen atoms in total. The normalized spacial score (nSPS) is 10.9. The highest BCUT2D eigenvalue weighted by Crippen LogP contribution is 2.12. The summed E-state index contributed by atoms with van der Waals surface area (Å²) in [5.41, 5.74) is 3.97. The SMILES string of the molecule is CCc1ccc(CN(C)C(=O)CCn2cnc3c(C)cccc3c2=O)cc1. The second-order valence-electron chi connectivity index (χ2n) is 6.88. The molecule has 0 aliphatic carbocycles. The van der Waals surface area contributed by atoms with E-state index < -0.39 is 0 Å². The molecule has 0 bridgehead atoms. The summed E-state index contributed by atoms with van der Waals surface area (Å²) in [5.74, 6) is 0.00538. The standard InChI is InChI=1S/C22H25N3O2/c1-4-17-8-10-18(11-9-17)14-24(3)20(26)12-13-25-15-23-21-16(2)6-5-7-19(21)22(25)27/h5-11,15H,4,12-14H2,1-3H3. The number of rotatable bonds is 6. The highest BCUT2D eigenvalue weighted by molar-refractivity contribution is 5.80. The first-order valence-corrected chi connectivity index (χ1v) is 9.26. The third kappa shape index (κ3) is 4.25. The summed E-state index contributed by atoms with van der Waals surface area (Å²) in [7, 11) is 1.79. The van der Waals surface area contributed by atoms with Crippen molar-refractivity contribution in [2.75, 3.05) is 7.05 Å². The van der Waals surface area contributed by atoms with E-state index in [1.807, 2.05) is 19.1 Å².